The van der Waals surface area contributed by atoms with Gasteiger partial charge >= 0.3 is 0 Å². The van der Waals surface area contributed by atoms with Gasteiger partial charge in [0.15, 0.2) is 0 Å². The molecular formula is C18H27N3O. The fraction of sp³-hybridized carbons (Fsp3) is 0.611. The molecule has 1 amide bonds. The predicted molar refractivity (Wildman–Crippen MR) is 91.5 cm³/mol. The molecule has 0 bridgehead atoms. The summed E-state index contributed by atoms with van der Waals surface area (Å²) in [5.74, 6) is 0.874. The van der Waals surface area contributed by atoms with Gasteiger partial charge in [0.2, 0.25) is 5.91 Å². The van der Waals surface area contributed by atoms with Crippen LogP contribution in [0.4, 0.5) is 11.4 Å². The first kappa shape index (κ1) is 15.3. The van der Waals surface area contributed by atoms with Crippen LogP contribution in [0.3, 0.4) is 0 Å². The minimum absolute atomic E-state index is 0.249. The number of likely N-dealkylation sites (tertiary alicyclic amines) is 1. The molecular weight excluding hydrogens is 274 g/mol. The molecule has 0 unspecified atom stereocenters. The van der Waals surface area contributed by atoms with Crippen LogP contribution in [0.2, 0.25) is 0 Å². The van der Waals surface area contributed by atoms with Gasteiger partial charge < -0.3 is 9.80 Å². The molecule has 1 fully saturated rings. The lowest BCUT2D eigenvalue weighted by molar-refractivity contribution is -0.119. The lowest BCUT2D eigenvalue weighted by Gasteiger charge is -2.39. The Morgan fingerprint density at radius 3 is 2.41 bits per heavy atom. The summed E-state index contributed by atoms with van der Waals surface area (Å²) in [4.78, 5) is 19.4. The van der Waals surface area contributed by atoms with Gasteiger partial charge in [-0.2, -0.15) is 0 Å². The van der Waals surface area contributed by atoms with E-state index in [-0.39, 0.29) is 5.91 Å². The Balaban J connectivity index is 1.76. The average Bonchev–Trinajstić information content (AvgIpc) is 3.00. The Bertz CT molecular complexity index is 523. The summed E-state index contributed by atoms with van der Waals surface area (Å²) >= 11 is 0. The number of fused-ring (bicyclic) bond motifs is 1. The molecule has 3 rings (SSSR count). The fourth-order valence-electron chi connectivity index (χ4n) is 3.53. The number of amides is 1. The van der Waals surface area contributed by atoms with E-state index in [9.17, 15) is 4.79 Å². The second-order valence-corrected chi connectivity index (χ2v) is 6.86. The smallest absolute Gasteiger partial charge is 0.241 e. The van der Waals surface area contributed by atoms with Crippen molar-refractivity contribution < 1.29 is 4.79 Å². The highest BCUT2D eigenvalue weighted by molar-refractivity contribution is 5.99. The molecule has 1 saturated heterocycles. The van der Waals surface area contributed by atoms with E-state index in [4.69, 9.17) is 0 Å². The van der Waals surface area contributed by atoms with Crippen LogP contribution in [0, 0.1) is 5.92 Å². The van der Waals surface area contributed by atoms with E-state index in [0.29, 0.717) is 12.5 Å². The number of nitrogens with zero attached hydrogens (tertiary/aromatic N) is 3. The molecule has 4 nitrogen and oxygen atoms in total. The summed E-state index contributed by atoms with van der Waals surface area (Å²) < 4.78 is 0. The maximum absolute atomic E-state index is 12.7. The standard InChI is InChI=1S/C18H27N3O/c1-15(2)13-20-11-12-21(17-8-4-3-7-16(17)20)18(22)14-19-9-5-6-10-19/h3-4,7-8,15H,5-6,9-14H2,1-2H3. The second-order valence-electron chi connectivity index (χ2n) is 6.86. The van der Waals surface area contributed by atoms with Gasteiger partial charge in [0.25, 0.3) is 0 Å². The lowest BCUT2D eigenvalue weighted by Crippen LogP contribution is -2.48. The van der Waals surface area contributed by atoms with Crippen molar-refractivity contribution in [2.24, 2.45) is 5.92 Å². The minimum atomic E-state index is 0.249. The van der Waals surface area contributed by atoms with Crippen LogP contribution in [0.15, 0.2) is 24.3 Å². The van der Waals surface area contributed by atoms with Crippen molar-refractivity contribution in [3.05, 3.63) is 24.3 Å². The van der Waals surface area contributed by atoms with Gasteiger partial charge in [-0.05, 0) is 44.0 Å². The molecule has 2 heterocycles. The van der Waals surface area contributed by atoms with E-state index in [1.165, 1.54) is 18.5 Å². The number of hydrogen-bond acceptors (Lipinski definition) is 3. The zero-order valence-corrected chi connectivity index (χ0v) is 13.8. The van der Waals surface area contributed by atoms with Crippen molar-refractivity contribution in [2.45, 2.75) is 26.7 Å². The highest BCUT2D eigenvalue weighted by Gasteiger charge is 2.28. The normalized spacial score (nSPS) is 18.9. The monoisotopic (exact) mass is 301 g/mol. The molecule has 0 radical (unpaired) electrons. The summed E-state index contributed by atoms with van der Waals surface area (Å²) in [6.07, 6.45) is 2.46. The first-order valence-electron chi connectivity index (χ1n) is 8.52. The van der Waals surface area contributed by atoms with Crippen molar-refractivity contribution in [3.63, 3.8) is 0 Å². The highest BCUT2D eigenvalue weighted by atomic mass is 16.2. The van der Waals surface area contributed by atoms with Gasteiger partial charge in [-0.1, -0.05) is 26.0 Å². The van der Waals surface area contributed by atoms with Crippen molar-refractivity contribution >= 4 is 17.3 Å². The molecule has 2 aliphatic heterocycles. The molecule has 0 spiro atoms. The Kier molecular flexibility index (Phi) is 4.67. The Morgan fingerprint density at radius 2 is 1.73 bits per heavy atom. The van der Waals surface area contributed by atoms with Crippen molar-refractivity contribution in [3.8, 4) is 0 Å². The predicted octanol–water partition coefficient (Wildman–Crippen LogP) is 2.59. The third-order valence-electron chi connectivity index (χ3n) is 4.55. The third kappa shape index (κ3) is 3.27. The molecule has 0 N–H and O–H groups in total. The van der Waals surface area contributed by atoms with Gasteiger partial charge in [-0.3, -0.25) is 9.69 Å². The Hall–Kier alpha value is -1.55. The number of carbonyl (C=O) groups excluding carboxylic acids is 1. The topological polar surface area (TPSA) is 26.8 Å². The van der Waals surface area contributed by atoms with Gasteiger partial charge in [-0.15, -0.1) is 0 Å². The third-order valence-corrected chi connectivity index (χ3v) is 4.55. The van der Waals surface area contributed by atoms with E-state index in [2.05, 4.69) is 41.8 Å². The number of benzene rings is 1. The molecule has 2 aliphatic rings. The van der Waals surface area contributed by atoms with Crippen molar-refractivity contribution in [2.75, 3.05) is 49.1 Å². The Morgan fingerprint density at radius 1 is 1.05 bits per heavy atom. The highest BCUT2D eigenvalue weighted by Crippen LogP contribution is 2.33. The van der Waals surface area contributed by atoms with Crippen molar-refractivity contribution in [1.29, 1.82) is 0 Å². The molecule has 120 valence electrons. The van der Waals surface area contributed by atoms with E-state index < -0.39 is 0 Å². The molecule has 22 heavy (non-hydrogen) atoms. The molecule has 1 aromatic rings. The lowest BCUT2D eigenvalue weighted by atomic mass is 10.1. The number of para-hydroxylation sites is 2. The number of hydrogen-bond donors (Lipinski definition) is 0. The fourth-order valence-corrected chi connectivity index (χ4v) is 3.53. The molecule has 0 aliphatic carbocycles. The van der Waals surface area contributed by atoms with Gasteiger partial charge in [0.1, 0.15) is 0 Å². The molecule has 0 aromatic heterocycles. The van der Waals surface area contributed by atoms with E-state index in [1.54, 1.807) is 0 Å². The van der Waals surface area contributed by atoms with E-state index >= 15 is 0 Å². The zero-order chi connectivity index (χ0) is 15.5. The quantitative estimate of drug-likeness (QED) is 0.855. The number of rotatable bonds is 4. The largest absolute Gasteiger partial charge is 0.368 e. The number of anilines is 2. The minimum Gasteiger partial charge on any atom is -0.368 e. The van der Waals surface area contributed by atoms with Gasteiger partial charge in [0, 0.05) is 19.6 Å². The first-order chi connectivity index (χ1) is 10.6. The van der Waals surface area contributed by atoms with Gasteiger partial charge in [-0.25, -0.2) is 0 Å². The van der Waals surface area contributed by atoms with Crippen LogP contribution in [0.5, 0.6) is 0 Å². The van der Waals surface area contributed by atoms with Crippen LogP contribution >= 0.6 is 0 Å². The summed E-state index contributed by atoms with van der Waals surface area (Å²) in [6.45, 7) is 9.98. The van der Waals surface area contributed by atoms with Crippen LogP contribution in [0.25, 0.3) is 0 Å². The SMILES string of the molecule is CC(C)CN1CCN(C(=O)CN2CCCC2)c2ccccc21. The van der Waals surface area contributed by atoms with Gasteiger partial charge in [0.05, 0.1) is 17.9 Å². The summed E-state index contributed by atoms with van der Waals surface area (Å²) in [6, 6.07) is 8.34. The van der Waals surface area contributed by atoms with E-state index in [0.717, 1.165) is 38.4 Å². The molecule has 0 atom stereocenters. The zero-order valence-electron chi connectivity index (χ0n) is 13.8. The molecule has 1 aromatic carbocycles. The van der Waals surface area contributed by atoms with Crippen LogP contribution < -0.4 is 9.80 Å². The maximum atomic E-state index is 12.7. The summed E-state index contributed by atoms with van der Waals surface area (Å²) in [5.41, 5.74) is 2.29. The first-order valence-corrected chi connectivity index (χ1v) is 8.52. The van der Waals surface area contributed by atoms with Crippen LogP contribution in [-0.2, 0) is 4.79 Å². The van der Waals surface area contributed by atoms with E-state index in [1.807, 2.05) is 11.0 Å². The maximum Gasteiger partial charge on any atom is 0.241 e. The molecule has 0 saturated carbocycles. The molecule has 4 heteroatoms. The summed E-state index contributed by atoms with van der Waals surface area (Å²) in [7, 11) is 0. The number of carbonyl (C=O) groups is 1. The van der Waals surface area contributed by atoms with Crippen LogP contribution in [0.1, 0.15) is 26.7 Å². The average molecular weight is 301 g/mol. The van der Waals surface area contributed by atoms with Crippen molar-refractivity contribution in [1.82, 2.24) is 4.90 Å². The van der Waals surface area contributed by atoms with Crippen LogP contribution in [-0.4, -0.2) is 50.1 Å². The second kappa shape index (κ2) is 6.69. The Labute approximate surface area is 133 Å². The summed E-state index contributed by atoms with van der Waals surface area (Å²) in [5, 5.41) is 0.